The lowest BCUT2D eigenvalue weighted by Gasteiger charge is -2.13. The third-order valence-electron chi connectivity index (χ3n) is 2.49. The number of methoxy groups -OCH3 is 1. The minimum atomic E-state index is -0.853. The molecule has 1 rings (SSSR count). The second kappa shape index (κ2) is 6.91. The van der Waals surface area contributed by atoms with E-state index in [0.29, 0.717) is 18.8 Å². The van der Waals surface area contributed by atoms with E-state index in [9.17, 15) is 4.79 Å². The monoisotopic (exact) mass is 238 g/mol. The second-order valence-corrected chi connectivity index (χ2v) is 3.94. The van der Waals surface area contributed by atoms with Crippen LogP contribution in [0.3, 0.4) is 0 Å². The van der Waals surface area contributed by atoms with Crippen molar-refractivity contribution in [2.75, 3.05) is 20.3 Å². The molecule has 1 aromatic rings. The number of carboxylic acids is 1. The summed E-state index contributed by atoms with van der Waals surface area (Å²) in [5.41, 5.74) is 1.14. The van der Waals surface area contributed by atoms with E-state index in [0.717, 1.165) is 5.56 Å². The van der Waals surface area contributed by atoms with E-state index in [-0.39, 0.29) is 6.61 Å². The first-order chi connectivity index (χ1) is 8.13. The summed E-state index contributed by atoms with van der Waals surface area (Å²) in [5, 5.41) is 8.99. The molecular weight excluding hydrogens is 220 g/mol. The summed E-state index contributed by atoms with van der Waals surface area (Å²) in [6.07, 6.45) is 0.456. The van der Waals surface area contributed by atoms with Crippen LogP contribution in [0.25, 0.3) is 0 Å². The van der Waals surface area contributed by atoms with Crippen molar-refractivity contribution in [3.63, 3.8) is 0 Å². The van der Waals surface area contributed by atoms with Crippen molar-refractivity contribution in [1.82, 2.24) is 0 Å². The number of aryl methyl sites for hydroxylation is 1. The van der Waals surface area contributed by atoms with Crippen LogP contribution in [-0.4, -0.2) is 31.4 Å². The highest BCUT2D eigenvalue weighted by Gasteiger charge is 2.17. The van der Waals surface area contributed by atoms with Gasteiger partial charge in [-0.3, -0.25) is 4.79 Å². The highest BCUT2D eigenvalue weighted by Crippen LogP contribution is 2.14. The Kier molecular flexibility index (Phi) is 5.49. The van der Waals surface area contributed by atoms with Crippen LogP contribution in [0, 0.1) is 12.8 Å². The van der Waals surface area contributed by atoms with Gasteiger partial charge in [0.15, 0.2) is 0 Å². The van der Waals surface area contributed by atoms with Gasteiger partial charge in [-0.05, 0) is 25.5 Å². The molecule has 0 heterocycles. The molecule has 1 aromatic carbocycles. The van der Waals surface area contributed by atoms with Gasteiger partial charge in [-0.25, -0.2) is 0 Å². The van der Waals surface area contributed by atoms with Crippen LogP contribution in [0.4, 0.5) is 0 Å². The molecule has 4 heteroatoms. The molecule has 1 N–H and O–H groups in total. The maximum absolute atomic E-state index is 10.9. The zero-order chi connectivity index (χ0) is 12.7. The number of hydrogen-bond donors (Lipinski definition) is 1. The Balaban J connectivity index is 2.45. The Morgan fingerprint density at radius 3 is 2.53 bits per heavy atom. The molecule has 0 radical (unpaired) electrons. The minimum absolute atomic E-state index is 0.168. The van der Waals surface area contributed by atoms with Crippen molar-refractivity contribution in [1.29, 1.82) is 0 Å². The van der Waals surface area contributed by atoms with Gasteiger partial charge >= 0.3 is 5.97 Å². The summed E-state index contributed by atoms with van der Waals surface area (Å²) < 4.78 is 10.3. The van der Waals surface area contributed by atoms with Crippen LogP contribution < -0.4 is 4.74 Å². The Morgan fingerprint density at radius 2 is 2.00 bits per heavy atom. The van der Waals surface area contributed by atoms with Crippen molar-refractivity contribution < 1.29 is 19.4 Å². The zero-order valence-corrected chi connectivity index (χ0v) is 10.2. The molecule has 0 aliphatic rings. The van der Waals surface area contributed by atoms with E-state index < -0.39 is 11.9 Å². The van der Waals surface area contributed by atoms with Gasteiger partial charge in [-0.15, -0.1) is 0 Å². The van der Waals surface area contributed by atoms with E-state index in [1.165, 1.54) is 0 Å². The standard InChI is InChI=1S/C13H18O4/c1-10-3-5-12(6-4-10)17-9-11(13(14)15)7-8-16-2/h3-6,11H,7-9H2,1-2H3,(H,14,15). The lowest BCUT2D eigenvalue weighted by molar-refractivity contribution is -0.143. The number of carboxylic acid groups (broad SMARTS) is 1. The summed E-state index contributed by atoms with van der Waals surface area (Å²) in [7, 11) is 1.56. The van der Waals surface area contributed by atoms with Crippen LogP contribution in [0.15, 0.2) is 24.3 Å². The average Bonchev–Trinajstić information content (AvgIpc) is 2.31. The zero-order valence-electron chi connectivity index (χ0n) is 10.2. The largest absolute Gasteiger partial charge is 0.493 e. The molecular formula is C13H18O4. The van der Waals surface area contributed by atoms with Crippen molar-refractivity contribution in [3.05, 3.63) is 29.8 Å². The molecule has 0 aliphatic heterocycles. The molecule has 0 saturated carbocycles. The fraction of sp³-hybridized carbons (Fsp3) is 0.462. The number of hydrogen-bond acceptors (Lipinski definition) is 3. The van der Waals surface area contributed by atoms with Crippen molar-refractivity contribution in [2.24, 2.45) is 5.92 Å². The van der Waals surface area contributed by atoms with Crippen LogP contribution in [0.1, 0.15) is 12.0 Å². The smallest absolute Gasteiger partial charge is 0.310 e. The summed E-state index contributed by atoms with van der Waals surface area (Å²) in [4.78, 5) is 10.9. The maximum atomic E-state index is 10.9. The number of rotatable bonds is 7. The Bertz CT molecular complexity index is 345. The van der Waals surface area contributed by atoms with E-state index in [2.05, 4.69) is 0 Å². The molecule has 0 saturated heterocycles. The SMILES string of the molecule is COCCC(COc1ccc(C)cc1)C(=O)O. The van der Waals surface area contributed by atoms with Gasteiger partial charge in [0.1, 0.15) is 12.4 Å². The van der Waals surface area contributed by atoms with E-state index in [1.54, 1.807) is 7.11 Å². The molecule has 0 aromatic heterocycles. The van der Waals surface area contributed by atoms with Crippen LogP contribution in [0.5, 0.6) is 5.75 Å². The summed E-state index contributed by atoms with van der Waals surface area (Å²) in [6.45, 7) is 2.58. The van der Waals surface area contributed by atoms with Gasteiger partial charge in [-0.2, -0.15) is 0 Å². The highest BCUT2D eigenvalue weighted by molar-refractivity contribution is 5.70. The van der Waals surface area contributed by atoms with Crippen LogP contribution in [0.2, 0.25) is 0 Å². The van der Waals surface area contributed by atoms with Crippen molar-refractivity contribution in [2.45, 2.75) is 13.3 Å². The molecule has 1 unspecified atom stereocenters. The Hall–Kier alpha value is -1.55. The first-order valence-corrected chi connectivity index (χ1v) is 5.54. The third-order valence-corrected chi connectivity index (χ3v) is 2.49. The number of ether oxygens (including phenoxy) is 2. The molecule has 4 nitrogen and oxygen atoms in total. The summed E-state index contributed by atoms with van der Waals surface area (Å²) >= 11 is 0. The summed E-state index contributed by atoms with van der Waals surface area (Å²) in [5.74, 6) is -0.690. The van der Waals surface area contributed by atoms with Gasteiger partial charge in [0.25, 0.3) is 0 Å². The number of carbonyl (C=O) groups is 1. The minimum Gasteiger partial charge on any atom is -0.493 e. The topological polar surface area (TPSA) is 55.8 Å². The highest BCUT2D eigenvalue weighted by atomic mass is 16.5. The predicted molar refractivity (Wildman–Crippen MR) is 64.3 cm³/mol. The van der Waals surface area contributed by atoms with E-state index in [1.807, 2.05) is 31.2 Å². The summed E-state index contributed by atoms with van der Waals surface area (Å²) in [6, 6.07) is 7.54. The Labute approximate surface area is 101 Å². The van der Waals surface area contributed by atoms with Gasteiger partial charge in [-0.1, -0.05) is 17.7 Å². The van der Waals surface area contributed by atoms with Crippen molar-refractivity contribution >= 4 is 5.97 Å². The lowest BCUT2D eigenvalue weighted by Crippen LogP contribution is -2.23. The molecule has 17 heavy (non-hydrogen) atoms. The normalized spacial score (nSPS) is 12.1. The first kappa shape index (κ1) is 13.5. The fourth-order valence-electron chi connectivity index (χ4n) is 1.37. The first-order valence-electron chi connectivity index (χ1n) is 5.54. The van der Waals surface area contributed by atoms with E-state index in [4.69, 9.17) is 14.6 Å². The quantitative estimate of drug-likeness (QED) is 0.790. The van der Waals surface area contributed by atoms with Crippen LogP contribution in [-0.2, 0) is 9.53 Å². The molecule has 0 fully saturated rings. The second-order valence-electron chi connectivity index (χ2n) is 3.94. The molecule has 0 bridgehead atoms. The number of aliphatic carboxylic acids is 1. The Morgan fingerprint density at radius 1 is 1.35 bits per heavy atom. The van der Waals surface area contributed by atoms with Gasteiger partial charge < -0.3 is 14.6 Å². The van der Waals surface area contributed by atoms with Gasteiger partial charge in [0.2, 0.25) is 0 Å². The molecule has 0 amide bonds. The molecule has 94 valence electrons. The average molecular weight is 238 g/mol. The fourth-order valence-corrected chi connectivity index (χ4v) is 1.37. The molecule has 0 aliphatic carbocycles. The lowest BCUT2D eigenvalue weighted by atomic mass is 10.1. The molecule has 0 spiro atoms. The van der Waals surface area contributed by atoms with Crippen molar-refractivity contribution in [3.8, 4) is 5.75 Å². The maximum Gasteiger partial charge on any atom is 0.310 e. The number of benzene rings is 1. The van der Waals surface area contributed by atoms with Gasteiger partial charge in [0, 0.05) is 13.7 Å². The van der Waals surface area contributed by atoms with Crippen LogP contribution >= 0.6 is 0 Å². The third kappa shape index (κ3) is 4.87. The van der Waals surface area contributed by atoms with Gasteiger partial charge in [0.05, 0.1) is 5.92 Å². The predicted octanol–water partition coefficient (Wildman–Crippen LogP) is 2.11. The molecule has 1 atom stereocenters. The van der Waals surface area contributed by atoms with E-state index >= 15 is 0 Å².